The van der Waals surface area contributed by atoms with Crippen molar-refractivity contribution >= 4 is 11.8 Å². The van der Waals surface area contributed by atoms with Gasteiger partial charge >= 0.3 is 0 Å². The topological polar surface area (TPSA) is 52.5 Å². The molecule has 26 heavy (non-hydrogen) atoms. The smallest absolute Gasteiger partial charge is 0.0648 e. The number of aliphatic hydroxyl groups excluding tert-OH is 2. The van der Waals surface area contributed by atoms with Gasteiger partial charge < -0.3 is 15.5 Å². The van der Waals surface area contributed by atoms with Gasteiger partial charge in [-0.25, -0.2) is 0 Å². The second-order valence-electron chi connectivity index (χ2n) is 6.84. The van der Waals surface area contributed by atoms with E-state index in [2.05, 4.69) is 60.8 Å². The molecule has 0 saturated heterocycles. The molecule has 2 aromatic carbocycles. The van der Waals surface area contributed by atoms with Crippen molar-refractivity contribution in [1.82, 2.24) is 5.32 Å². The van der Waals surface area contributed by atoms with E-state index in [4.69, 9.17) is 0 Å². The number of nitrogens with one attached hydrogen (secondary N) is 1. The lowest BCUT2D eigenvalue weighted by molar-refractivity contribution is 0.0906. The third-order valence-electron chi connectivity index (χ3n) is 4.93. The molecule has 4 heteroatoms. The first-order valence-corrected chi connectivity index (χ1v) is 10.2. The van der Waals surface area contributed by atoms with Crippen LogP contribution in [0, 0.1) is 0 Å². The van der Waals surface area contributed by atoms with E-state index in [1.165, 1.54) is 33.8 Å². The predicted octanol–water partition coefficient (Wildman–Crippen LogP) is 4.06. The fourth-order valence-electron chi connectivity index (χ4n) is 2.84. The van der Waals surface area contributed by atoms with Crippen molar-refractivity contribution in [3.05, 3.63) is 59.7 Å². The Morgan fingerprint density at radius 2 is 1.35 bits per heavy atom. The van der Waals surface area contributed by atoms with E-state index in [0.29, 0.717) is 6.42 Å². The van der Waals surface area contributed by atoms with Crippen LogP contribution in [0.5, 0.6) is 0 Å². The molecule has 0 radical (unpaired) electrons. The van der Waals surface area contributed by atoms with Crippen molar-refractivity contribution in [3.63, 3.8) is 0 Å². The molecule has 0 bridgehead atoms. The zero-order valence-corrected chi connectivity index (χ0v) is 16.7. The highest BCUT2D eigenvalue weighted by atomic mass is 32.2. The lowest BCUT2D eigenvalue weighted by Gasteiger charge is -2.29. The van der Waals surface area contributed by atoms with E-state index in [1.54, 1.807) is 18.8 Å². The Hall–Kier alpha value is -1.33. The summed E-state index contributed by atoms with van der Waals surface area (Å²) in [6.45, 7) is 2.09. The summed E-state index contributed by atoms with van der Waals surface area (Å²) in [7, 11) is 1.78. The van der Waals surface area contributed by atoms with E-state index >= 15 is 0 Å². The zero-order valence-electron chi connectivity index (χ0n) is 15.9. The standard InChI is InChI=1S/C22H31NO2S/c1-3-4-5-18-6-10-20(11-7-18)26-21-12-8-19(9-13-21)14-15-22(16-24,17-25)23-2/h6-13,23-25H,3-5,14-17H2,1-2H3. The van der Waals surface area contributed by atoms with Crippen molar-refractivity contribution in [3.8, 4) is 0 Å². The van der Waals surface area contributed by atoms with Crippen LogP contribution in [0.25, 0.3) is 0 Å². The van der Waals surface area contributed by atoms with Gasteiger partial charge in [-0.1, -0.05) is 49.4 Å². The van der Waals surface area contributed by atoms with Crippen LogP contribution in [-0.2, 0) is 12.8 Å². The molecule has 0 heterocycles. The largest absolute Gasteiger partial charge is 0.394 e. The molecule has 3 nitrogen and oxygen atoms in total. The van der Waals surface area contributed by atoms with Crippen LogP contribution in [-0.4, -0.2) is 36.0 Å². The molecule has 0 aliphatic carbocycles. The minimum Gasteiger partial charge on any atom is -0.394 e. The summed E-state index contributed by atoms with van der Waals surface area (Å²) >= 11 is 1.77. The summed E-state index contributed by atoms with van der Waals surface area (Å²) < 4.78 is 0. The van der Waals surface area contributed by atoms with Crippen molar-refractivity contribution < 1.29 is 10.2 Å². The summed E-state index contributed by atoms with van der Waals surface area (Å²) in [6.07, 6.45) is 5.15. The summed E-state index contributed by atoms with van der Waals surface area (Å²) in [5.74, 6) is 0. The van der Waals surface area contributed by atoms with E-state index in [-0.39, 0.29) is 13.2 Å². The van der Waals surface area contributed by atoms with Gasteiger partial charge in [0.05, 0.1) is 18.8 Å². The predicted molar refractivity (Wildman–Crippen MR) is 110 cm³/mol. The molecular weight excluding hydrogens is 342 g/mol. The molecule has 3 N–H and O–H groups in total. The number of hydrogen-bond donors (Lipinski definition) is 3. The molecule has 0 unspecified atom stereocenters. The highest BCUT2D eigenvalue weighted by Gasteiger charge is 2.25. The molecule has 0 aromatic heterocycles. The Balaban J connectivity index is 1.90. The number of rotatable bonds is 11. The quantitative estimate of drug-likeness (QED) is 0.556. The second kappa shape index (κ2) is 10.7. The summed E-state index contributed by atoms with van der Waals surface area (Å²) in [6, 6.07) is 17.4. The SMILES string of the molecule is CCCCc1ccc(Sc2ccc(CCC(CO)(CO)NC)cc2)cc1. The molecule has 142 valence electrons. The van der Waals surface area contributed by atoms with Gasteiger partial charge in [0.1, 0.15) is 0 Å². The first kappa shape index (κ1) is 21.0. The van der Waals surface area contributed by atoms with Crippen molar-refractivity contribution in [1.29, 1.82) is 0 Å². The summed E-state index contributed by atoms with van der Waals surface area (Å²) in [5.41, 5.74) is 2.02. The fraction of sp³-hybridized carbons (Fsp3) is 0.455. The normalized spacial score (nSPS) is 11.7. The van der Waals surface area contributed by atoms with Crippen LogP contribution in [0.15, 0.2) is 58.3 Å². The molecule has 0 spiro atoms. The summed E-state index contributed by atoms with van der Waals surface area (Å²) in [4.78, 5) is 2.48. The second-order valence-corrected chi connectivity index (χ2v) is 7.99. The van der Waals surface area contributed by atoms with Crippen LogP contribution < -0.4 is 5.32 Å². The number of unbranched alkanes of at least 4 members (excludes halogenated alkanes) is 1. The van der Waals surface area contributed by atoms with Gasteiger partial charge in [0, 0.05) is 9.79 Å². The molecule has 0 atom stereocenters. The maximum atomic E-state index is 9.50. The van der Waals surface area contributed by atoms with Crippen LogP contribution >= 0.6 is 11.8 Å². The van der Waals surface area contributed by atoms with E-state index in [0.717, 1.165) is 12.8 Å². The van der Waals surface area contributed by atoms with E-state index < -0.39 is 5.54 Å². The van der Waals surface area contributed by atoms with E-state index in [1.807, 2.05) is 0 Å². The molecule has 0 fully saturated rings. The molecule has 2 rings (SSSR count). The Morgan fingerprint density at radius 3 is 1.77 bits per heavy atom. The fourth-order valence-corrected chi connectivity index (χ4v) is 3.66. The molecule has 0 saturated carbocycles. The lowest BCUT2D eigenvalue weighted by atomic mass is 9.93. The average Bonchev–Trinajstić information content (AvgIpc) is 2.70. The lowest BCUT2D eigenvalue weighted by Crippen LogP contribution is -2.50. The number of likely N-dealkylation sites (N-methyl/N-ethyl adjacent to an activating group) is 1. The molecule has 0 amide bonds. The minimum absolute atomic E-state index is 0.0673. The average molecular weight is 374 g/mol. The molecular formula is C22H31NO2S. The number of benzene rings is 2. The van der Waals surface area contributed by atoms with Crippen LogP contribution in [0.4, 0.5) is 0 Å². The molecule has 0 aliphatic heterocycles. The maximum absolute atomic E-state index is 9.50. The maximum Gasteiger partial charge on any atom is 0.0648 e. The van der Waals surface area contributed by atoms with Gasteiger partial charge in [0.15, 0.2) is 0 Å². The third kappa shape index (κ3) is 6.13. The zero-order chi connectivity index (χ0) is 18.8. The number of aliphatic hydroxyl groups is 2. The molecule has 0 aliphatic rings. The highest BCUT2D eigenvalue weighted by Crippen LogP contribution is 2.28. The van der Waals surface area contributed by atoms with Gasteiger partial charge in [0.25, 0.3) is 0 Å². The number of aryl methyl sites for hydroxylation is 2. The minimum atomic E-state index is -0.604. The van der Waals surface area contributed by atoms with Crippen LogP contribution in [0.1, 0.15) is 37.3 Å². The van der Waals surface area contributed by atoms with Gasteiger partial charge in [0.2, 0.25) is 0 Å². The van der Waals surface area contributed by atoms with Crippen molar-refractivity contribution in [2.75, 3.05) is 20.3 Å². The Morgan fingerprint density at radius 1 is 0.846 bits per heavy atom. The van der Waals surface area contributed by atoms with Gasteiger partial charge in [-0.3, -0.25) is 0 Å². The van der Waals surface area contributed by atoms with Gasteiger partial charge in [-0.05, 0) is 68.1 Å². The Kier molecular flexibility index (Phi) is 8.66. The molecule has 2 aromatic rings. The van der Waals surface area contributed by atoms with Crippen molar-refractivity contribution in [2.24, 2.45) is 0 Å². The van der Waals surface area contributed by atoms with Gasteiger partial charge in [-0.2, -0.15) is 0 Å². The summed E-state index contributed by atoms with van der Waals surface area (Å²) in [5, 5.41) is 22.1. The first-order valence-electron chi connectivity index (χ1n) is 9.41. The van der Waals surface area contributed by atoms with Gasteiger partial charge in [-0.15, -0.1) is 0 Å². The Bertz CT molecular complexity index is 628. The van der Waals surface area contributed by atoms with Crippen LogP contribution in [0.3, 0.4) is 0 Å². The number of hydrogen-bond acceptors (Lipinski definition) is 4. The monoisotopic (exact) mass is 373 g/mol. The van der Waals surface area contributed by atoms with Crippen LogP contribution in [0.2, 0.25) is 0 Å². The Labute approximate surface area is 161 Å². The van der Waals surface area contributed by atoms with E-state index in [9.17, 15) is 10.2 Å². The van der Waals surface area contributed by atoms with Crippen molar-refractivity contribution in [2.45, 2.75) is 54.4 Å². The third-order valence-corrected chi connectivity index (χ3v) is 5.95. The first-order chi connectivity index (χ1) is 12.6. The highest BCUT2D eigenvalue weighted by molar-refractivity contribution is 7.99.